The van der Waals surface area contributed by atoms with Gasteiger partial charge in [0.25, 0.3) is 5.56 Å². The molecule has 0 atom stereocenters. The Kier molecular flexibility index (Phi) is 3.32. The lowest BCUT2D eigenvalue weighted by Crippen LogP contribution is -2.11. The molecule has 0 aliphatic heterocycles. The van der Waals surface area contributed by atoms with Crippen LogP contribution in [0, 0.1) is 13.8 Å². The van der Waals surface area contributed by atoms with E-state index in [2.05, 4.69) is 41.8 Å². The highest BCUT2D eigenvalue weighted by atomic mass is 79.9. The van der Waals surface area contributed by atoms with Crippen molar-refractivity contribution in [1.29, 1.82) is 0 Å². The molecule has 2 heterocycles. The molecular weight excluding hydrogens is 356 g/mol. The third-order valence-electron chi connectivity index (χ3n) is 2.12. The van der Waals surface area contributed by atoms with Crippen molar-refractivity contribution in [2.75, 3.05) is 0 Å². The molecule has 0 saturated carbocycles. The van der Waals surface area contributed by atoms with Crippen LogP contribution in [-0.4, -0.2) is 9.97 Å². The van der Waals surface area contributed by atoms with Gasteiger partial charge in [0, 0.05) is 9.35 Å². The highest BCUT2D eigenvalue weighted by molar-refractivity contribution is 9.10. The van der Waals surface area contributed by atoms with E-state index in [1.54, 1.807) is 18.3 Å². The van der Waals surface area contributed by atoms with Gasteiger partial charge in [-0.1, -0.05) is 0 Å². The third kappa shape index (κ3) is 2.14. The number of nitrogens with zero attached hydrogens (tertiary/aromatic N) is 1. The van der Waals surface area contributed by atoms with Crippen LogP contribution >= 0.6 is 43.2 Å². The summed E-state index contributed by atoms with van der Waals surface area (Å²) in [6.45, 7) is 3.82. The van der Waals surface area contributed by atoms with Crippen molar-refractivity contribution in [3.8, 4) is 10.7 Å². The van der Waals surface area contributed by atoms with Gasteiger partial charge in [-0.25, -0.2) is 4.98 Å². The summed E-state index contributed by atoms with van der Waals surface area (Å²) in [5, 5.41) is 0. The Labute approximate surface area is 113 Å². The molecular formula is C10H8Br2N2OS. The van der Waals surface area contributed by atoms with Gasteiger partial charge in [0.05, 0.1) is 10.6 Å². The lowest BCUT2D eigenvalue weighted by molar-refractivity contribution is 1.06. The Hall–Kier alpha value is -0.460. The van der Waals surface area contributed by atoms with Crippen LogP contribution in [0.15, 0.2) is 19.8 Å². The first kappa shape index (κ1) is 12.0. The molecule has 6 heteroatoms. The van der Waals surface area contributed by atoms with Crippen LogP contribution in [0.1, 0.15) is 10.6 Å². The van der Waals surface area contributed by atoms with Gasteiger partial charge in [-0.15, -0.1) is 11.3 Å². The SMILES string of the molecule is Cc1nc(-c2cc(Br)c(C)s2)[nH]c(=O)c1Br. The fourth-order valence-electron chi connectivity index (χ4n) is 1.26. The second-order valence-electron chi connectivity index (χ2n) is 3.33. The molecule has 0 amide bonds. The molecule has 0 fully saturated rings. The Morgan fingerprint density at radius 2 is 2.06 bits per heavy atom. The van der Waals surface area contributed by atoms with E-state index in [9.17, 15) is 4.79 Å². The van der Waals surface area contributed by atoms with Crippen LogP contribution in [0.25, 0.3) is 10.7 Å². The highest BCUT2D eigenvalue weighted by Gasteiger charge is 2.10. The minimum absolute atomic E-state index is 0.148. The zero-order valence-electron chi connectivity index (χ0n) is 8.60. The minimum Gasteiger partial charge on any atom is -0.305 e. The summed E-state index contributed by atoms with van der Waals surface area (Å²) in [4.78, 5) is 20.8. The lowest BCUT2D eigenvalue weighted by Gasteiger charge is -2.00. The van der Waals surface area contributed by atoms with Gasteiger partial charge in [-0.3, -0.25) is 4.79 Å². The molecule has 0 saturated heterocycles. The third-order valence-corrected chi connectivity index (χ3v) is 5.20. The topological polar surface area (TPSA) is 45.8 Å². The van der Waals surface area contributed by atoms with Crippen LogP contribution in [0.5, 0.6) is 0 Å². The minimum atomic E-state index is -0.148. The van der Waals surface area contributed by atoms with Gasteiger partial charge < -0.3 is 4.98 Å². The fraction of sp³-hybridized carbons (Fsp3) is 0.200. The van der Waals surface area contributed by atoms with E-state index in [0.29, 0.717) is 16.0 Å². The first-order valence-corrected chi connectivity index (χ1v) is 6.92. The van der Waals surface area contributed by atoms with E-state index >= 15 is 0 Å². The summed E-state index contributed by atoms with van der Waals surface area (Å²) in [7, 11) is 0. The average Bonchev–Trinajstić information content (AvgIpc) is 2.55. The van der Waals surface area contributed by atoms with E-state index in [-0.39, 0.29) is 5.56 Å². The van der Waals surface area contributed by atoms with Crippen LogP contribution in [0.3, 0.4) is 0 Å². The number of hydrogen-bond acceptors (Lipinski definition) is 3. The number of hydrogen-bond donors (Lipinski definition) is 1. The zero-order valence-corrected chi connectivity index (χ0v) is 12.6. The molecule has 3 nitrogen and oxygen atoms in total. The monoisotopic (exact) mass is 362 g/mol. The van der Waals surface area contributed by atoms with Crippen LogP contribution in [0.2, 0.25) is 0 Å². The Balaban J connectivity index is 2.61. The van der Waals surface area contributed by atoms with Gasteiger partial charge in [-0.05, 0) is 51.8 Å². The number of aromatic amines is 1. The molecule has 1 N–H and O–H groups in total. The second-order valence-corrected chi connectivity index (χ2v) is 6.23. The van der Waals surface area contributed by atoms with E-state index < -0.39 is 0 Å². The molecule has 2 aromatic heterocycles. The number of rotatable bonds is 1. The largest absolute Gasteiger partial charge is 0.305 e. The van der Waals surface area contributed by atoms with Gasteiger partial charge in [0.1, 0.15) is 4.47 Å². The second kappa shape index (κ2) is 4.43. The maximum atomic E-state index is 11.6. The van der Waals surface area contributed by atoms with Crippen LogP contribution in [-0.2, 0) is 0 Å². The first-order valence-electron chi connectivity index (χ1n) is 4.51. The highest BCUT2D eigenvalue weighted by Crippen LogP contribution is 2.32. The predicted molar refractivity (Wildman–Crippen MR) is 73.0 cm³/mol. The first-order chi connectivity index (χ1) is 7.49. The van der Waals surface area contributed by atoms with E-state index in [1.165, 1.54) is 4.88 Å². The molecule has 0 spiro atoms. The van der Waals surface area contributed by atoms with Crippen molar-refractivity contribution in [3.05, 3.63) is 35.9 Å². The van der Waals surface area contributed by atoms with Crippen molar-refractivity contribution in [2.24, 2.45) is 0 Å². The summed E-state index contributed by atoms with van der Waals surface area (Å²) in [6.07, 6.45) is 0. The normalized spacial score (nSPS) is 10.8. The number of aromatic nitrogens is 2. The number of nitrogens with one attached hydrogen (secondary N) is 1. The van der Waals surface area contributed by atoms with E-state index in [1.807, 2.05) is 13.0 Å². The molecule has 0 aromatic carbocycles. The quantitative estimate of drug-likeness (QED) is 0.840. The van der Waals surface area contributed by atoms with Gasteiger partial charge in [-0.2, -0.15) is 0 Å². The molecule has 0 radical (unpaired) electrons. The number of thiophene rings is 1. The van der Waals surface area contributed by atoms with E-state index in [4.69, 9.17) is 0 Å². The lowest BCUT2D eigenvalue weighted by atomic mass is 10.4. The number of halogens is 2. The summed E-state index contributed by atoms with van der Waals surface area (Å²) in [5.41, 5.74) is 0.547. The summed E-state index contributed by atoms with van der Waals surface area (Å²) in [6, 6.07) is 1.96. The van der Waals surface area contributed by atoms with Crippen molar-refractivity contribution in [1.82, 2.24) is 9.97 Å². The molecule has 0 aliphatic rings. The molecule has 2 aromatic rings. The zero-order chi connectivity index (χ0) is 11.9. The fourth-order valence-corrected chi connectivity index (χ4v) is 2.93. The predicted octanol–water partition coefficient (Wildman–Crippen LogP) is 3.64. The molecule has 16 heavy (non-hydrogen) atoms. The Bertz CT molecular complexity index is 584. The van der Waals surface area contributed by atoms with Gasteiger partial charge in [0.2, 0.25) is 0 Å². The Morgan fingerprint density at radius 1 is 1.38 bits per heavy atom. The van der Waals surface area contributed by atoms with Gasteiger partial charge in [0.15, 0.2) is 5.82 Å². The molecule has 0 aliphatic carbocycles. The maximum absolute atomic E-state index is 11.6. The summed E-state index contributed by atoms with van der Waals surface area (Å²) >= 11 is 8.24. The van der Waals surface area contributed by atoms with Crippen molar-refractivity contribution < 1.29 is 0 Å². The summed E-state index contributed by atoms with van der Waals surface area (Å²) in [5.74, 6) is 0.615. The van der Waals surface area contributed by atoms with Crippen LogP contribution in [0.4, 0.5) is 0 Å². The molecule has 0 unspecified atom stereocenters. The van der Waals surface area contributed by atoms with E-state index in [0.717, 1.165) is 9.35 Å². The van der Waals surface area contributed by atoms with Crippen molar-refractivity contribution in [3.63, 3.8) is 0 Å². The number of aryl methyl sites for hydroxylation is 2. The van der Waals surface area contributed by atoms with Crippen LogP contribution < -0.4 is 5.56 Å². The molecule has 2 rings (SSSR count). The maximum Gasteiger partial charge on any atom is 0.265 e. The average molecular weight is 364 g/mol. The number of H-pyrrole nitrogens is 1. The summed E-state index contributed by atoms with van der Waals surface area (Å²) < 4.78 is 1.53. The standard InChI is InChI=1S/C10H8Br2N2OS/c1-4-8(12)10(15)14-9(13-4)7-3-6(11)5(2)16-7/h3H,1-2H3,(H,13,14,15). The molecule has 0 bridgehead atoms. The molecule has 84 valence electrons. The van der Waals surface area contributed by atoms with Crippen molar-refractivity contribution >= 4 is 43.2 Å². The Morgan fingerprint density at radius 3 is 2.56 bits per heavy atom. The van der Waals surface area contributed by atoms with Gasteiger partial charge >= 0.3 is 0 Å². The van der Waals surface area contributed by atoms with Crippen molar-refractivity contribution in [2.45, 2.75) is 13.8 Å². The smallest absolute Gasteiger partial charge is 0.265 e.